The standard InChI is InChI=1S/C8H9ClN2O/c9-8(12)5-1-2-6-7(3-5)11-4-10-6/h4-5H,1-3H2,(H,10,11). The number of aryl methyl sites for hydroxylation is 1. The first-order valence-corrected chi connectivity index (χ1v) is 4.35. The summed E-state index contributed by atoms with van der Waals surface area (Å²) in [6.07, 6.45) is 4.10. The zero-order valence-electron chi connectivity index (χ0n) is 6.51. The molecule has 0 aliphatic heterocycles. The summed E-state index contributed by atoms with van der Waals surface area (Å²) in [5, 5.41) is -0.233. The first kappa shape index (κ1) is 7.80. The molecule has 0 amide bonds. The number of halogens is 1. The van der Waals surface area contributed by atoms with Crippen LogP contribution in [0.4, 0.5) is 0 Å². The van der Waals surface area contributed by atoms with E-state index in [4.69, 9.17) is 11.6 Å². The van der Waals surface area contributed by atoms with Crippen LogP contribution in [0, 0.1) is 5.92 Å². The average molecular weight is 185 g/mol. The lowest BCUT2D eigenvalue weighted by Crippen LogP contribution is -2.19. The zero-order valence-corrected chi connectivity index (χ0v) is 7.27. The van der Waals surface area contributed by atoms with Gasteiger partial charge in [-0.2, -0.15) is 0 Å². The van der Waals surface area contributed by atoms with Gasteiger partial charge in [0.2, 0.25) is 5.24 Å². The highest BCUT2D eigenvalue weighted by Crippen LogP contribution is 2.24. The second kappa shape index (κ2) is 2.90. The first-order chi connectivity index (χ1) is 5.77. The monoisotopic (exact) mass is 184 g/mol. The lowest BCUT2D eigenvalue weighted by molar-refractivity contribution is -0.115. The Bertz CT molecular complexity index is 308. The topological polar surface area (TPSA) is 45.8 Å². The van der Waals surface area contributed by atoms with Crippen molar-refractivity contribution in [3.8, 4) is 0 Å². The Morgan fingerprint density at radius 1 is 1.75 bits per heavy atom. The van der Waals surface area contributed by atoms with Crippen molar-refractivity contribution in [1.29, 1.82) is 0 Å². The minimum Gasteiger partial charge on any atom is -0.348 e. The molecule has 1 aliphatic rings. The molecule has 4 heteroatoms. The Labute approximate surface area is 75.1 Å². The number of H-pyrrole nitrogens is 1. The third kappa shape index (κ3) is 1.25. The van der Waals surface area contributed by atoms with E-state index in [2.05, 4.69) is 9.97 Å². The van der Waals surface area contributed by atoms with Crippen molar-refractivity contribution in [2.75, 3.05) is 0 Å². The van der Waals surface area contributed by atoms with Gasteiger partial charge in [-0.3, -0.25) is 4.79 Å². The Kier molecular flexibility index (Phi) is 1.89. The van der Waals surface area contributed by atoms with Crippen molar-refractivity contribution in [3.05, 3.63) is 17.7 Å². The number of nitrogens with zero attached hydrogens (tertiary/aromatic N) is 1. The van der Waals surface area contributed by atoms with Gasteiger partial charge in [-0.15, -0.1) is 0 Å². The van der Waals surface area contributed by atoms with Crippen LogP contribution in [0.15, 0.2) is 6.33 Å². The number of imidazole rings is 1. The fourth-order valence-electron chi connectivity index (χ4n) is 1.59. The molecule has 1 atom stereocenters. The summed E-state index contributed by atoms with van der Waals surface area (Å²) in [5.74, 6) is -0.0255. The average Bonchev–Trinajstić information content (AvgIpc) is 2.49. The number of hydrogen-bond acceptors (Lipinski definition) is 2. The molecule has 0 radical (unpaired) electrons. The van der Waals surface area contributed by atoms with Crippen LogP contribution in [0.2, 0.25) is 0 Å². The lowest BCUT2D eigenvalue weighted by atomic mass is 9.91. The quantitative estimate of drug-likeness (QED) is 0.669. The Morgan fingerprint density at radius 3 is 3.33 bits per heavy atom. The normalized spacial score (nSPS) is 21.9. The van der Waals surface area contributed by atoms with Crippen LogP contribution < -0.4 is 0 Å². The molecule has 0 spiro atoms. The molecule has 0 saturated heterocycles. The predicted octanol–water partition coefficient (Wildman–Crippen LogP) is 1.28. The minimum absolute atomic E-state index is 0.0255. The second-order valence-corrected chi connectivity index (χ2v) is 3.44. The van der Waals surface area contributed by atoms with Crippen LogP contribution in [0.3, 0.4) is 0 Å². The maximum atomic E-state index is 10.9. The van der Waals surface area contributed by atoms with Crippen molar-refractivity contribution in [2.24, 2.45) is 5.92 Å². The molecule has 0 bridgehead atoms. The molecule has 1 heterocycles. The molecule has 1 N–H and O–H groups in total. The molecular weight excluding hydrogens is 176 g/mol. The van der Waals surface area contributed by atoms with Crippen LogP contribution in [0.5, 0.6) is 0 Å². The molecule has 3 nitrogen and oxygen atoms in total. The molecule has 1 unspecified atom stereocenters. The van der Waals surface area contributed by atoms with Gasteiger partial charge in [0.25, 0.3) is 0 Å². The molecular formula is C8H9ClN2O. The highest BCUT2D eigenvalue weighted by atomic mass is 35.5. The molecule has 0 saturated carbocycles. The predicted molar refractivity (Wildman–Crippen MR) is 45.0 cm³/mol. The van der Waals surface area contributed by atoms with Crippen LogP contribution in [0.25, 0.3) is 0 Å². The summed E-state index contributed by atoms with van der Waals surface area (Å²) >= 11 is 5.41. The van der Waals surface area contributed by atoms with E-state index in [1.165, 1.54) is 0 Å². The van der Waals surface area contributed by atoms with E-state index >= 15 is 0 Å². The van der Waals surface area contributed by atoms with Gasteiger partial charge in [0.1, 0.15) is 0 Å². The number of fused-ring (bicyclic) bond motifs is 1. The highest BCUT2D eigenvalue weighted by Gasteiger charge is 2.24. The van der Waals surface area contributed by atoms with Crippen molar-refractivity contribution in [3.63, 3.8) is 0 Å². The Balaban J connectivity index is 2.20. The summed E-state index contributed by atoms with van der Waals surface area (Å²) in [6.45, 7) is 0. The number of aromatic nitrogens is 2. The van der Waals surface area contributed by atoms with E-state index in [-0.39, 0.29) is 11.2 Å². The number of nitrogens with one attached hydrogen (secondary N) is 1. The Hall–Kier alpha value is -0.830. The third-order valence-electron chi connectivity index (χ3n) is 2.31. The largest absolute Gasteiger partial charge is 0.348 e. The first-order valence-electron chi connectivity index (χ1n) is 3.98. The minimum atomic E-state index is -0.233. The van der Waals surface area contributed by atoms with Gasteiger partial charge in [-0.05, 0) is 24.4 Å². The Morgan fingerprint density at radius 2 is 2.58 bits per heavy atom. The van der Waals surface area contributed by atoms with Gasteiger partial charge in [0.15, 0.2) is 0 Å². The van der Waals surface area contributed by atoms with E-state index < -0.39 is 0 Å². The van der Waals surface area contributed by atoms with Gasteiger partial charge >= 0.3 is 0 Å². The molecule has 1 aliphatic carbocycles. The number of hydrogen-bond donors (Lipinski definition) is 1. The van der Waals surface area contributed by atoms with E-state index in [9.17, 15) is 4.79 Å². The van der Waals surface area contributed by atoms with Crippen LogP contribution in [0.1, 0.15) is 17.8 Å². The van der Waals surface area contributed by atoms with Gasteiger partial charge < -0.3 is 4.98 Å². The summed E-state index contributed by atoms with van der Waals surface area (Å²) in [5.41, 5.74) is 2.16. The number of rotatable bonds is 1. The zero-order chi connectivity index (χ0) is 8.55. The lowest BCUT2D eigenvalue weighted by Gasteiger charge is -2.16. The van der Waals surface area contributed by atoms with Gasteiger partial charge in [0.05, 0.1) is 12.0 Å². The van der Waals surface area contributed by atoms with Crippen molar-refractivity contribution < 1.29 is 4.79 Å². The molecule has 12 heavy (non-hydrogen) atoms. The summed E-state index contributed by atoms with van der Waals surface area (Å²) < 4.78 is 0. The molecule has 0 aromatic carbocycles. The fraction of sp³-hybridized carbons (Fsp3) is 0.500. The smallest absolute Gasteiger partial charge is 0.225 e. The SMILES string of the molecule is O=C(Cl)C1CCc2[nH]cnc2C1. The summed E-state index contributed by atoms with van der Waals surface area (Å²) in [6, 6.07) is 0. The van der Waals surface area contributed by atoms with Crippen LogP contribution in [-0.4, -0.2) is 15.2 Å². The number of carbonyl (C=O) groups excluding carboxylic acids is 1. The van der Waals surface area contributed by atoms with Crippen LogP contribution >= 0.6 is 11.6 Å². The molecule has 64 valence electrons. The van der Waals surface area contributed by atoms with E-state index in [0.29, 0.717) is 6.42 Å². The van der Waals surface area contributed by atoms with Crippen molar-refractivity contribution in [2.45, 2.75) is 19.3 Å². The van der Waals surface area contributed by atoms with Crippen molar-refractivity contribution in [1.82, 2.24) is 9.97 Å². The van der Waals surface area contributed by atoms with Gasteiger partial charge in [-0.1, -0.05) is 0 Å². The second-order valence-electron chi connectivity index (χ2n) is 3.07. The number of carbonyl (C=O) groups is 1. The molecule has 1 aromatic heterocycles. The molecule has 1 aromatic rings. The summed E-state index contributed by atoms with van der Waals surface area (Å²) in [4.78, 5) is 18.0. The van der Waals surface area contributed by atoms with Gasteiger partial charge in [-0.25, -0.2) is 4.98 Å². The van der Waals surface area contributed by atoms with E-state index in [1.807, 2.05) is 0 Å². The maximum absolute atomic E-state index is 10.9. The summed E-state index contributed by atoms with van der Waals surface area (Å²) in [7, 11) is 0. The molecule has 2 rings (SSSR count). The molecule has 0 fully saturated rings. The third-order valence-corrected chi connectivity index (χ3v) is 2.62. The van der Waals surface area contributed by atoms with Gasteiger partial charge in [0, 0.05) is 18.0 Å². The number of aromatic amines is 1. The van der Waals surface area contributed by atoms with Crippen LogP contribution in [-0.2, 0) is 17.6 Å². The van der Waals surface area contributed by atoms with E-state index in [0.717, 1.165) is 24.2 Å². The maximum Gasteiger partial charge on any atom is 0.225 e. The van der Waals surface area contributed by atoms with Crippen molar-refractivity contribution >= 4 is 16.8 Å². The fourth-order valence-corrected chi connectivity index (χ4v) is 1.78. The highest BCUT2D eigenvalue weighted by molar-refractivity contribution is 6.64. The van der Waals surface area contributed by atoms with E-state index in [1.54, 1.807) is 6.33 Å².